The SMILES string of the molecule is CCCCC/C=C\C/C=C\C/C=C\CCCCCCC(CC(=O)NC(CO)C(O)CCCCCCCCCCC)OC(=O)CCCCCCC/C=C/C=C/CCCCCCCCC. The van der Waals surface area contributed by atoms with Crippen LogP contribution >= 0.6 is 0 Å². The fourth-order valence-electron chi connectivity index (χ4n) is 7.96. The van der Waals surface area contributed by atoms with Gasteiger partial charge in [-0.15, -0.1) is 0 Å². The molecular weight excluding hydrogens is 779 g/mol. The first kappa shape index (κ1) is 60.6. The summed E-state index contributed by atoms with van der Waals surface area (Å²) in [6, 6.07) is -0.713. The van der Waals surface area contributed by atoms with Crippen LogP contribution in [0.15, 0.2) is 60.8 Å². The maximum absolute atomic E-state index is 13.2. The molecule has 0 aromatic heterocycles. The number of nitrogens with one attached hydrogen (secondary N) is 1. The number of ether oxygens (including phenoxy) is 1. The molecule has 0 aliphatic carbocycles. The average molecular weight is 882 g/mol. The van der Waals surface area contributed by atoms with Gasteiger partial charge in [-0.3, -0.25) is 9.59 Å². The van der Waals surface area contributed by atoms with Gasteiger partial charge in [0.2, 0.25) is 5.91 Å². The van der Waals surface area contributed by atoms with Crippen LogP contribution in [0.1, 0.15) is 265 Å². The van der Waals surface area contributed by atoms with Crippen molar-refractivity contribution in [3.05, 3.63) is 60.8 Å². The summed E-state index contributed by atoms with van der Waals surface area (Å²) in [5.41, 5.74) is 0. The lowest BCUT2D eigenvalue weighted by Crippen LogP contribution is -2.46. The zero-order chi connectivity index (χ0) is 45.9. The molecule has 63 heavy (non-hydrogen) atoms. The van der Waals surface area contributed by atoms with Crippen LogP contribution in [0, 0.1) is 0 Å². The number of esters is 1. The van der Waals surface area contributed by atoms with Gasteiger partial charge >= 0.3 is 5.97 Å². The smallest absolute Gasteiger partial charge is 0.306 e. The van der Waals surface area contributed by atoms with Crippen LogP contribution in [0.2, 0.25) is 0 Å². The topological polar surface area (TPSA) is 95.9 Å². The number of unbranched alkanes of at least 4 members (excludes halogenated alkanes) is 27. The van der Waals surface area contributed by atoms with Gasteiger partial charge in [0.15, 0.2) is 0 Å². The van der Waals surface area contributed by atoms with Gasteiger partial charge in [-0.05, 0) is 89.9 Å². The molecule has 1 amide bonds. The number of aliphatic hydroxyl groups is 2. The van der Waals surface area contributed by atoms with Crippen LogP contribution in [-0.2, 0) is 14.3 Å². The first-order valence-electron chi connectivity index (χ1n) is 27.0. The van der Waals surface area contributed by atoms with E-state index in [9.17, 15) is 19.8 Å². The second-order valence-corrected chi connectivity index (χ2v) is 18.3. The van der Waals surface area contributed by atoms with Crippen LogP contribution in [0.4, 0.5) is 0 Å². The molecule has 6 heteroatoms. The summed E-state index contributed by atoms with van der Waals surface area (Å²) in [5, 5.41) is 23.7. The Hall–Kier alpha value is -2.44. The lowest BCUT2D eigenvalue weighted by Gasteiger charge is -2.24. The predicted molar refractivity (Wildman–Crippen MR) is 273 cm³/mol. The van der Waals surface area contributed by atoms with E-state index in [4.69, 9.17) is 4.74 Å². The fourth-order valence-corrected chi connectivity index (χ4v) is 7.96. The van der Waals surface area contributed by atoms with Crippen molar-refractivity contribution in [2.45, 2.75) is 283 Å². The zero-order valence-corrected chi connectivity index (χ0v) is 41.7. The summed E-state index contributed by atoms with van der Waals surface area (Å²) in [4.78, 5) is 26.2. The van der Waals surface area contributed by atoms with Crippen molar-refractivity contribution >= 4 is 11.9 Å². The monoisotopic (exact) mass is 882 g/mol. The number of rotatable bonds is 48. The Labute approximate surface area is 390 Å². The first-order chi connectivity index (χ1) is 31.0. The van der Waals surface area contributed by atoms with Gasteiger partial charge < -0.3 is 20.3 Å². The number of allylic oxidation sites excluding steroid dienone is 10. The predicted octanol–water partition coefficient (Wildman–Crippen LogP) is 16.4. The molecule has 0 bridgehead atoms. The van der Waals surface area contributed by atoms with Crippen LogP contribution in [-0.4, -0.2) is 46.9 Å². The highest BCUT2D eigenvalue weighted by molar-refractivity contribution is 5.77. The van der Waals surface area contributed by atoms with Crippen LogP contribution < -0.4 is 5.32 Å². The van der Waals surface area contributed by atoms with E-state index in [-0.39, 0.29) is 24.9 Å². The highest BCUT2D eigenvalue weighted by Crippen LogP contribution is 2.17. The Balaban J connectivity index is 4.63. The van der Waals surface area contributed by atoms with Crippen LogP contribution in [0.5, 0.6) is 0 Å². The molecule has 0 saturated heterocycles. The Morgan fingerprint density at radius 2 is 0.857 bits per heavy atom. The standard InChI is InChI=1S/C57H103NO5/c1-4-7-10-13-16-19-21-23-25-27-29-31-33-35-38-41-44-47-50-57(62)63-53(48-45-42-39-37-34-32-30-28-26-24-22-20-17-14-11-8-5-2)51-56(61)58-54(52-59)55(60)49-46-43-40-36-18-15-12-9-6-3/h17,20,24-27,29-32,53-55,59-60H,4-16,18-19,21-23,28,33-52H2,1-3H3,(H,58,61)/b20-17-,26-24-,27-25+,31-29+,32-30-. The third kappa shape index (κ3) is 45.9. The van der Waals surface area contributed by atoms with Crippen molar-refractivity contribution in [2.24, 2.45) is 0 Å². The number of aliphatic hydroxyl groups excluding tert-OH is 2. The number of carbonyl (C=O) groups excluding carboxylic acids is 2. The highest BCUT2D eigenvalue weighted by Gasteiger charge is 2.24. The average Bonchev–Trinajstić information content (AvgIpc) is 3.28. The quantitative estimate of drug-likeness (QED) is 0.0245. The maximum Gasteiger partial charge on any atom is 0.306 e. The summed E-state index contributed by atoms with van der Waals surface area (Å²) in [6.07, 6.45) is 62.8. The Morgan fingerprint density at radius 3 is 1.35 bits per heavy atom. The molecule has 0 aliphatic rings. The molecule has 0 saturated carbocycles. The second kappa shape index (κ2) is 50.6. The summed E-state index contributed by atoms with van der Waals surface area (Å²) in [7, 11) is 0. The Morgan fingerprint density at radius 1 is 0.476 bits per heavy atom. The molecule has 0 aromatic carbocycles. The van der Waals surface area contributed by atoms with Crippen molar-refractivity contribution in [3.8, 4) is 0 Å². The summed E-state index contributed by atoms with van der Waals surface area (Å²) in [6.45, 7) is 6.43. The highest BCUT2D eigenvalue weighted by atomic mass is 16.5. The number of carbonyl (C=O) groups is 2. The van der Waals surface area contributed by atoms with Crippen molar-refractivity contribution in [2.75, 3.05) is 6.61 Å². The van der Waals surface area contributed by atoms with E-state index >= 15 is 0 Å². The van der Waals surface area contributed by atoms with E-state index < -0.39 is 18.2 Å². The van der Waals surface area contributed by atoms with E-state index in [2.05, 4.69) is 86.8 Å². The maximum atomic E-state index is 13.2. The molecule has 0 aliphatic heterocycles. The zero-order valence-electron chi connectivity index (χ0n) is 41.7. The molecule has 0 spiro atoms. The van der Waals surface area contributed by atoms with Gasteiger partial charge in [-0.2, -0.15) is 0 Å². The van der Waals surface area contributed by atoms with E-state index in [1.807, 2.05) is 0 Å². The van der Waals surface area contributed by atoms with Crippen molar-refractivity contribution in [3.63, 3.8) is 0 Å². The lowest BCUT2D eigenvalue weighted by molar-refractivity contribution is -0.151. The first-order valence-corrected chi connectivity index (χ1v) is 27.0. The van der Waals surface area contributed by atoms with Gasteiger partial charge in [-0.25, -0.2) is 0 Å². The normalized spacial score (nSPS) is 13.7. The molecule has 3 N–H and O–H groups in total. The molecule has 3 atom stereocenters. The van der Waals surface area contributed by atoms with Gasteiger partial charge in [0.1, 0.15) is 6.10 Å². The molecule has 0 fully saturated rings. The third-order valence-corrected chi connectivity index (χ3v) is 12.1. The minimum Gasteiger partial charge on any atom is -0.462 e. The molecule has 0 rings (SSSR count). The van der Waals surface area contributed by atoms with E-state index in [0.29, 0.717) is 19.3 Å². The lowest BCUT2D eigenvalue weighted by atomic mass is 10.0. The summed E-state index contributed by atoms with van der Waals surface area (Å²) < 4.78 is 5.93. The molecule has 0 radical (unpaired) electrons. The number of hydrogen-bond donors (Lipinski definition) is 3. The van der Waals surface area contributed by atoms with E-state index in [1.165, 1.54) is 116 Å². The van der Waals surface area contributed by atoms with Crippen molar-refractivity contribution < 1.29 is 24.5 Å². The van der Waals surface area contributed by atoms with Gasteiger partial charge in [-0.1, -0.05) is 223 Å². The second-order valence-electron chi connectivity index (χ2n) is 18.3. The Kier molecular flexibility index (Phi) is 48.6. The van der Waals surface area contributed by atoms with Gasteiger partial charge in [0.25, 0.3) is 0 Å². The molecule has 366 valence electrons. The van der Waals surface area contributed by atoms with Crippen molar-refractivity contribution in [1.29, 1.82) is 0 Å². The van der Waals surface area contributed by atoms with Gasteiger partial charge in [0.05, 0.1) is 25.2 Å². The van der Waals surface area contributed by atoms with E-state index in [0.717, 1.165) is 103 Å². The Bertz CT molecular complexity index is 1130. The third-order valence-electron chi connectivity index (χ3n) is 12.1. The van der Waals surface area contributed by atoms with Crippen molar-refractivity contribution in [1.82, 2.24) is 5.32 Å². The van der Waals surface area contributed by atoms with Gasteiger partial charge in [0, 0.05) is 6.42 Å². The number of hydrogen-bond acceptors (Lipinski definition) is 5. The van der Waals surface area contributed by atoms with Crippen LogP contribution in [0.25, 0.3) is 0 Å². The summed E-state index contributed by atoms with van der Waals surface area (Å²) >= 11 is 0. The largest absolute Gasteiger partial charge is 0.462 e. The fraction of sp³-hybridized carbons (Fsp3) is 0.789. The minimum atomic E-state index is -0.797. The van der Waals surface area contributed by atoms with Crippen LogP contribution in [0.3, 0.4) is 0 Å². The minimum absolute atomic E-state index is 0.0553. The molecule has 0 heterocycles. The number of amides is 1. The van der Waals surface area contributed by atoms with E-state index in [1.54, 1.807) is 0 Å². The molecule has 3 unspecified atom stereocenters. The summed E-state index contributed by atoms with van der Waals surface area (Å²) in [5.74, 6) is -0.511. The molecule has 6 nitrogen and oxygen atoms in total. The molecule has 0 aromatic rings. The molecular formula is C57H103NO5.